The van der Waals surface area contributed by atoms with E-state index in [1.165, 1.54) is 11.3 Å². The molecule has 1 atom stereocenters. The van der Waals surface area contributed by atoms with Crippen molar-refractivity contribution >= 4 is 11.8 Å². The summed E-state index contributed by atoms with van der Waals surface area (Å²) in [5, 5.41) is 3.32. The summed E-state index contributed by atoms with van der Waals surface area (Å²) in [5.74, 6) is 1.18. The van der Waals surface area contributed by atoms with Crippen LogP contribution in [0.5, 0.6) is 0 Å². The van der Waals surface area contributed by atoms with Crippen LogP contribution in [0.25, 0.3) is 0 Å². The second kappa shape index (κ2) is 6.14. The van der Waals surface area contributed by atoms with Gasteiger partial charge >= 0.3 is 0 Å². The van der Waals surface area contributed by atoms with Crippen LogP contribution in [0.1, 0.15) is 24.9 Å². The fourth-order valence-corrected chi connectivity index (χ4v) is 2.00. The second-order valence-corrected chi connectivity index (χ2v) is 4.41. The van der Waals surface area contributed by atoms with Crippen LogP contribution in [0.3, 0.4) is 0 Å². The molecule has 0 aliphatic heterocycles. The van der Waals surface area contributed by atoms with Gasteiger partial charge in [0, 0.05) is 30.7 Å². The molecule has 0 radical (unpaired) electrons. The van der Waals surface area contributed by atoms with Crippen molar-refractivity contribution in [1.82, 2.24) is 9.88 Å². The number of aryl methyl sites for hydroxylation is 1. The van der Waals surface area contributed by atoms with Gasteiger partial charge in [-0.3, -0.25) is 0 Å². The summed E-state index contributed by atoms with van der Waals surface area (Å²) in [5.41, 5.74) is 1.40. The molecule has 0 amide bonds. The van der Waals surface area contributed by atoms with Gasteiger partial charge in [0.25, 0.3) is 0 Å². The lowest BCUT2D eigenvalue weighted by atomic mass is 10.1. The molecule has 0 aromatic carbocycles. The van der Waals surface area contributed by atoms with E-state index < -0.39 is 0 Å². The van der Waals surface area contributed by atoms with E-state index in [0.29, 0.717) is 6.04 Å². The molecule has 0 aliphatic carbocycles. The first-order valence-corrected chi connectivity index (χ1v) is 6.53. The Morgan fingerprint density at radius 2 is 2.36 bits per heavy atom. The van der Waals surface area contributed by atoms with Gasteiger partial charge in [-0.05, 0) is 31.4 Å². The van der Waals surface area contributed by atoms with E-state index in [1.807, 2.05) is 18.8 Å². The number of nitrogens with zero attached hydrogens (tertiary/aromatic N) is 1. The van der Waals surface area contributed by atoms with Gasteiger partial charge in [-0.15, -0.1) is 0 Å². The summed E-state index contributed by atoms with van der Waals surface area (Å²) < 4.78 is 2.27. The molecule has 80 valence electrons. The number of nitrogens with one attached hydrogen (secondary N) is 1. The first-order valence-electron chi connectivity index (χ1n) is 5.13. The smallest absolute Gasteiger partial charge is 0.0329 e. The summed E-state index contributed by atoms with van der Waals surface area (Å²) in [6.45, 7) is 3.32. The van der Waals surface area contributed by atoms with Crippen molar-refractivity contribution in [2.24, 2.45) is 0 Å². The molecule has 1 N–H and O–H groups in total. The molecule has 1 rings (SSSR count). The van der Waals surface area contributed by atoms with Gasteiger partial charge in [0.15, 0.2) is 0 Å². The lowest BCUT2D eigenvalue weighted by Crippen LogP contribution is -2.14. The lowest BCUT2D eigenvalue weighted by molar-refractivity contribution is 0.575. The molecule has 14 heavy (non-hydrogen) atoms. The topological polar surface area (TPSA) is 17.0 Å². The third-order valence-corrected chi connectivity index (χ3v) is 3.08. The van der Waals surface area contributed by atoms with Crippen LogP contribution in [-0.4, -0.2) is 23.6 Å². The molecule has 1 unspecified atom stereocenters. The predicted molar refractivity (Wildman–Crippen MR) is 64.9 cm³/mol. The van der Waals surface area contributed by atoms with Crippen LogP contribution in [0.2, 0.25) is 0 Å². The normalized spacial score (nSPS) is 13.1. The van der Waals surface area contributed by atoms with Crippen LogP contribution >= 0.6 is 11.8 Å². The van der Waals surface area contributed by atoms with Crippen LogP contribution in [0, 0.1) is 0 Å². The van der Waals surface area contributed by atoms with Gasteiger partial charge < -0.3 is 9.88 Å². The first kappa shape index (κ1) is 11.7. The Kier molecular flexibility index (Phi) is 5.12. The number of hydrogen-bond acceptors (Lipinski definition) is 2. The fraction of sp³-hybridized carbons (Fsp3) is 0.636. The number of hydrogen-bond donors (Lipinski definition) is 1. The molecule has 0 spiro atoms. The largest absolute Gasteiger partial charge is 0.353 e. The third kappa shape index (κ3) is 3.07. The van der Waals surface area contributed by atoms with Gasteiger partial charge in [-0.2, -0.15) is 11.8 Å². The van der Waals surface area contributed by atoms with E-state index >= 15 is 0 Å². The highest BCUT2D eigenvalue weighted by molar-refractivity contribution is 7.98. The molecule has 0 bridgehead atoms. The highest BCUT2D eigenvalue weighted by Gasteiger charge is 2.07. The molecule has 1 aromatic heterocycles. The van der Waals surface area contributed by atoms with Crippen LogP contribution < -0.4 is 5.32 Å². The van der Waals surface area contributed by atoms with Crippen molar-refractivity contribution < 1.29 is 0 Å². The minimum atomic E-state index is 0.505. The van der Waals surface area contributed by atoms with Crippen molar-refractivity contribution in [1.29, 1.82) is 0 Å². The Labute approximate surface area is 91.1 Å². The highest BCUT2D eigenvalue weighted by Crippen LogP contribution is 2.16. The quantitative estimate of drug-likeness (QED) is 0.780. The standard InChI is InChI=1S/C11H20N2S/c1-4-11(12-2)10-5-6-13(9-10)7-8-14-3/h5-6,9,11-12H,4,7-8H2,1-3H3. The van der Waals surface area contributed by atoms with E-state index in [1.54, 1.807) is 0 Å². The Balaban J connectivity index is 2.57. The number of rotatable bonds is 6. The van der Waals surface area contributed by atoms with E-state index in [-0.39, 0.29) is 0 Å². The molecular weight excluding hydrogens is 192 g/mol. The van der Waals surface area contributed by atoms with Crippen LogP contribution in [0.4, 0.5) is 0 Å². The van der Waals surface area contributed by atoms with Gasteiger partial charge in [0.05, 0.1) is 0 Å². The SMILES string of the molecule is CCC(NC)c1ccn(CCSC)c1. The van der Waals surface area contributed by atoms with Crippen molar-refractivity contribution in [3.05, 3.63) is 24.0 Å². The Hall–Kier alpha value is -0.410. The molecule has 3 heteroatoms. The maximum atomic E-state index is 3.32. The zero-order valence-electron chi connectivity index (χ0n) is 9.29. The molecular formula is C11H20N2S. The predicted octanol–water partition coefficient (Wildman–Crippen LogP) is 2.52. The zero-order chi connectivity index (χ0) is 10.4. The van der Waals surface area contributed by atoms with E-state index in [9.17, 15) is 0 Å². The minimum absolute atomic E-state index is 0.505. The van der Waals surface area contributed by atoms with Gasteiger partial charge in [-0.1, -0.05) is 6.92 Å². The maximum Gasteiger partial charge on any atom is 0.0329 e. The summed E-state index contributed by atoms with van der Waals surface area (Å²) in [6.07, 6.45) is 7.71. The lowest BCUT2D eigenvalue weighted by Gasteiger charge is -2.11. The van der Waals surface area contributed by atoms with E-state index in [2.05, 4.69) is 41.5 Å². The molecule has 0 aliphatic rings. The summed E-state index contributed by atoms with van der Waals surface area (Å²) in [6, 6.07) is 2.72. The van der Waals surface area contributed by atoms with Crippen molar-refractivity contribution in [2.75, 3.05) is 19.1 Å². The van der Waals surface area contributed by atoms with Crippen LogP contribution in [-0.2, 0) is 6.54 Å². The number of aromatic nitrogens is 1. The molecule has 1 aromatic rings. The maximum absolute atomic E-state index is 3.32. The van der Waals surface area contributed by atoms with Gasteiger partial charge in [-0.25, -0.2) is 0 Å². The van der Waals surface area contributed by atoms with E-state index in [0.717, 1.165) is 13.0 Å². The van der Waals surface area contributed by atoms with Gasteiger partial charge in [0.1, 0.15) is 0 Å². The molecule has 0 saturated carbocycles. The Morgan fingerprint density at radius 3 is 2.93 bits per heavy atom. The molecule has 1 heterocycles. The third-order valence-electron chi connectivity index (χ3n) is 2.49. The summed E-state index contributed by atoms with van der Waals surface area (Å²) >= 11 is 1.89. The Morgan fingerprint density at radius 1 is 1.57 bits per heavy atom. The second-order valence-electron chi connectivity index (χ2n) is 3.42. The number of thioether (sulfide) groups is 1. The first-order chi connectivity index (χ1) is 6.81. The molecule has 0 fully saturated rings. The monoisotopic (exact) mass is 212 g/mol. The average molecular weight is 212 g/mol. The van der Waals surface area contributed by atoms with Gasteiger partial charge in [0.2, 0.25) is 0 Å². The molecule has 0 saturated heterocycles. The minimum Gasteiger partial charge on any atom is -0.353 e. The van der Waals surface area contributed by atoms with E-state index in [4.69, 9.17) is 0 Å². The zero-order valence-corrected chi connectivity index (χ0v) is 10.1. The van der Waals surface area contributed by atoms with Crippen molar-refractivity contribution in [3.8, 4) is 0 Å². The summed E-state index contributed by atoms with van der Waals surface area (Å²) in [4.78, 5) is 0. The van der Waals surface area contributed by atoms with Crippen molar-refractivity contribution in [2.45, 2.75) is 25.9 Å². The molecule has 2 nitrogen and oxygen atoms in total. The fourth-order valence-electron chi connectivity index (χ4n) is 1.61. The average Bonchev–Trinajstić information content (AvgIpc) is 2.65. The summed E-state index contributed by atoms with van der Waals surface area (Å²) in [7, 11) is 2.02. The highest BCUT2D eigenvalue weighted by atomic mass is 32.2. The van der Waals surface area contributed by atoms with Crippen molar-refractivity contribution in [3.63, 3.8) is 0 Å². The Bertz CT molecular complexity index is 254. The van der Waals surface area contributed by atoms with Crippen LogP contribution in [0.15, 0.2) is 18.5 Å².